The van der Waals surface area contributed by atoms with E-state index < -0.39 is 6.10 Å². The van der Waals surface area contributed by atoms with Crippen LogP contribution in [0.2, 0.25) is 0 Å². The van der Waals surface area contributed by atoms with Crippen LogP contribution in [0, 0.1) is 0 Å². The first-order valence-corrected chi connectivity index (χ1v) is 13.5. The lowest BCUT2D eigenvalue weighted by Crippen LogP contribution is -2.37. The Bertz CT molecular complexity index is 1310. The minimum absolute atomic E-state index is 0.103. The molecule has 0 radical (unpaired) electrons. The molecule has 1 aromatic heterocycles. The van der Waals surface area contributed by atoms with E-state index in [1.807, 2.05) is 65.3 Å². The first kappa shape index (κ1) is 26.9. The molecule has 39 heavy (non-hydrogen) atoms. The minimum Gasteiger partial charge on any atom is -0.493 e. The van der Waals surface area contributed by atoms with Crippen molar-refractivity contribution in [2.45, 2.75) is 38.1 Å². The van der Waals surface area contributed by atoms with E-state index in [0.29, 0.717) is 49.0 Å². The van der Waals surface area contributed by atoms with Gasteiger partial charge in [0, 0.05) is 26.2 Å². The average Bonchev–Trinajstić information content (AvgIpc) is 3.42. The van der Waals surface area contributed by atoms with Crippen molar-refractivity contribution < 1.29 is 24.1 Å². The first-order chi connectivity index (χ1) is 19.2. The van der Waals surface area contributed by atoms with Crippen LogP contribution in [0.5, 0.6) is 17.2 Å². The molecule has 0 aliphatic carbocycles. The standard InChI is InChI=1S/C30H36N4O5/c1-36-26-13-5-6-14-27(26)37-19-17-33(20-23-10-3-2-4-11-23)21-24(35)22-39-28-15-9-12-25-30(28)31-32-34(25)29-16-7-8-18-38-29/h2-6,9-15,24,29,35H,7-8,16-22H2,1H3/t24?,29-/m1/s1. The molecule has 2 atom stereocenters. The van der Waals surface area contributed by atoms with Crippen molar-refractivity contribution in [1.29, 1.82) is 0 Å². The zero-order valence-electron chi connectivity index (χ0n) is 22.3. The van der Waals surface area contributed by atoms with Gasteiger partial charge in [-0.25, -0.2) is 4.68 Å². The topological polar surface area (TPSA) is 91.1 Å². The highest BCUT2D eigenvalue weighted by Gasteiger charge is 2.21. The molecule has 3 aromatic carbocycles. The smallest absolute Gasteiger partial charge is 0.161 e. The molecule has 1 aliphatic rings. The van der Waals surface area contributed by atoms with Crippen LogP contribution in [0.4, 0.5) is 0 Å². The van der Waals surface area contributed by atoms with Gasteiger partial charge in [0.05, 0.1) is 12.6 Å². The molecule has 206 valence electrons. The summed E-state index contributed by atoms with van der Waals surface area (Å²) in [6, 6.07) is 23.5. The Morgan fingerprint density at radius 3 is 2.56 bits per heavy atom. The zero-order valence-corrected chi connectivity index (χ0v) is 22.3. The van der Waals surface area contributed by atoms with E-state index >= 15 is 0 Å². The van der Waals surface area contributed by atoms with Crippen LogP contribution in [-0.2, 0) is 11.3 Å². The van der Waals surface area contributed by atoms with Gasteiger partial charge < -0.3 is 24.1 Å². The van der Waals surface area contributed by atoms with Crippen molar-refractivity contribution >= 4 is 11.0 Å². The number of aliphatic hydroxyl groups is 1. The van der Waals surface area contributed by atoms with E-state index in [0.717, 1.165) is 36.9 Å². The fourth-order valence-electron chi connectivity index (χ4n) is 4.82. The Kier molecular flexibility index (Phi) is 9.26. The Hall–Kier alpha value is -3.66. The van der Waals surface area contributed by atoms with Crippen molar-refractivity contribution in [3.05, 3.63) is 78.4 Å². The number of hydrogen-bond acceptors (Lipinski definition) is 8. The quantitative estimate of drug-likeness (QED) is 0.270. The fourth-order valence-corrected chi connectivity index (χ4v) is 4.82. The number of para-hydroxylation sites is 2. The van der Waals surface area contributed by atoms with E-state index in [2.05, 4.69) is 27.3 Å². The molecule has 5 rings (SSSR count). The molecule has 0 spiro atoms. The molecule has 1 N–H and O–H groups in total. The number of hydrogen-bond donors (Lipinski definition) is 1. The van der Waals surface area contributed by atoms with Gasteiger partial charge in [-0.3, -0.25) is 4.90 Å². The molecular formula is C30H36N4O5. The first-order valence-electron chi connectivity index (χ1n) is 13.5. The molecule has 1 unspecified atom stereocenters. The zero-order chi connectivity index (χ0) is 26.9. The van der Waals surface area contributed by atoms with Crippen LogP contribution >= 0.6 is 0 Å². The van der Waals surface area contributed by atoms with E-state index in [1.165, 1.54) is 0 Å². The van der Waals surface area contributed by atoms with Gasteiger partial charge in [0.2, 0.25) is 0 Å². The number of nitrogens with zero attached hydrogens (tertiary/aromatic N) is 4. The maximum absolute atomic E-state index is 10.9. The SMILES string of the molecule is COc1ccccc1OCCN(Cc1ccccc1)CC(O)COc1cccc2c1nnn2[C@H]1CCCCO1. The lowest BCUT2D eigenvalue weighted by atomic mass is 10.2. The Labute approximate surface area is 228 Å². The summed E-state index contributed by atoms with van der Waals surface area (Å²) in [6.45, 7) is 3.03. The molecule has 0 saturated carbocycles. The third-order valence-corrected chi connectivity index (χ3v) is 6.78. The largest absolute Gasteiger partial charge is 0.493 e. The predicted octanol–water partition coefficient (Wildman–Crippen LogP) is 4.46. The molecule has 1 aliphatic heterocycles. The highest BCUT2D eigenvalue weighted by atomic mass is 16.5. The molecular weight excluding hydrogens is 496 g/mol. The van der Waals surface area contributed by atoms with Gasteiger partial charge in [-0.2, -0.15) is 0 Å². The second-order valence-electron chi connectivity index (χ2n) is 9.66. The highest BCUT2D eigenvalue weighted by molar-refractivity contribution is 5.81. The van der Waals surface area contributed by atoms with Crippen molar-refractivity contribution in [3.63, 3.8) is 0 Å². The molecule has 4 aromatic rings. The van der Waals surface area contributed by atoms with Crippen LogP contribution < -0.4 is 14.2 Å². The molecule has 0 amide bonds. The normalized spacial score (nSPS) is 16.3. The van der Waals surface area contributed by atoms with Gasteiger partial charge in [0.15, 0.2) is 23.2 Å². The van der Waals surface area contributed by atoms with Gasteiger partial charge in [-0.05, 0) is 49.1 Å². The molecule has 1 fully saturated rings. The fraction of sp³-hybridized carbons (Fsp3) is 0.400. The van der Waals surface area contributed by atoms with Crippen molar-refractivity contribution in [3.8, 4) is 17.2 Å². The summed E-state index contributed by atoms with van der Waals surface area (Å²) in [7, 11) is 1.63. The van der Waals surface area contributed by atoms with Gasteiger partial charge in [0.25, 0.3) is 0 Å². The molecule has 0 bridgehead atoms. The summed E-state index contributed by atoms with van der Waals surface area (Å²) in [6.07, 6.45) is 2.28. The number of fused-ring (bicyclic) bond motifs is 1. The van der Waals surface area contributed by atoms with E-state index in [1.54, 1.807) is 7.11 Å². The molecule has 9 heteroatoms. The van der Waals surface area contributed by atoms with E-state index in [-0.39, 0.29) is 12.8 Å². The molecule has 2 heterocycles. The highest BCUT2D eigenvalue weighted by Crippen LogP contribution is 2.29. The maximum atomic E-state index is 10.9. The summed E-state index contributed by atoms with van der Waals surface area (Å²) in [5.41, 5.74) is 2.70. The third-order valence-electron chi connectivity index (χ3n) is 6.78. The maximum Gasteiger partial charge on any atom is 0.161 e. The molecule has 9 nitrogen and oxygen atoms in total. The van der Waals surface area contributed by atoms with Crippen LogP contribution in [0.15, 0.2) is 72.8 Å². The van der Waals surface area contributed by atoms with Crippen molar-refractivity contribution in [2.75, 3.05) is 40.0 Å². The third kappa shape index (κ3) is 7.06. The summed E-state index contributed by atoms with van der Waals surface area (Å²) in [4.78, 5) is 2.16. The predicted molar refractivity (Wildman–Crippen MR) is 148 cm³/mol. The Morgan fingerprint density at radius 2 is 1.77 bits per heavy atom. The Balaban J connectivity index is 1.20. The van der Waals surface area contributed by atoms with Crippen LogP contribution in [0.3, 0.4) is 0 Å². The number of aliphatic hydroxyl groups excluding tert-OH is 1. The van der Waals surface area contributed by atoms with E-state index in [4.69, 9.17) is 18.9 Å². The lowest BCUT2D eigenvalue weighted by Gasteiger charge is -2.25. The monoisotopic (exact) mass is 532 g/mol. The van der Waals surface area contributed by atoms with Gasteiger partial charge in [0.1, 0.15) is 25.1 Å². The van der Waals surface area contributed by atoms with Crippen LogP contribution in [-0.4, -0.2) is 71.1 Å². The Morgan fingerprint density at radius 1 is 0.974 bits per heavy atom. The summed E-state index contributed by atoms with van der Waals surface area (Å²) < 4.78 is 25.2. The second-order valence-corrected chi connectivity index (χ2v) is 9.66. The van der Waals surface area contributed by atoms with Crippen LogP contribution in [0.25, 0.3) is 11.0 Å². The summed E-state index contributed by atoms with van der Waals surface area (Å²) >= 11 is 0. The minimum atomic E-state index is -0.716. The van der Waals surface area contributed by atoms with Crippen LogP contribution in [0.1, 0.15) is 31.1 Å². The van der Waals surface area contributed by atoms with Gasteiger partial charge >= 0.3 is 0 Å². The number of methoxy groups -OCH3 is 1. The van der Waals surface area contributed by atoms with E-state index in [9.17, 15) is 5.11 Å². The van der Waals surface area contributed by atoms with Gasteiger partial charge in [-0.1, -0.05) is 53.7 Å². The van der Waals surface area contributed by atoms with Crippen molar-refractivity contribution in [1.82, 2.24) is 19.9 Å². The average molecular weight is 533 g/mol. The summed E-state index contributed by atoms with van der Waals surface area (Å²) in [5, 5.41) is 19.7. The summed E-state index contributed by atoms with van der Waals surface area (Å²) in [5.74, 6) is 1.99. The number of rotatable bonds is 13. The number of aromatic nitrogens is 3. The number of benzene rings is 3. The lowest BCUT2D eigenvalue weighted by molar-refractivity contribution is -0.0377. The molecule has 1 saturated heterocycles. The van der Waals surface area contributed by atoms with Crippen molar-refractivity contribution in [2.24, 2.45) is 0 Å². The number of ether oxygens (including phenoxy) is 4. The second kappa shape index (κ2) is 13.4. The van der Waals surface area contributed by atoms with Gasteiger partial charge in [-0.15, -0.1) is 5.10 Å².